The average molecular weight is 789 g/mol. The normalized spacial score (nSPS) is 15.7. The third-order valence-corrected chi connectivity index (χ3v) is 10.7. The highest BCUT2D eigenvalue weighted by Gasteiger charge is 2.30. The van der Waals surface area contributed by atoms with Crippen LogP contribution in [0, 0.1) is 5.92 Å². The van der Waals surface area contributed by atoms with Crippen LogP contribution in [0.25, 0.3) is 0 Å². The molecule has 0 radical (unpaired) electrons. The van der Waals surface area contributed by atoms with Gasteiger partial charge in [-0.1, -0.05) is 86.6 Å². The van der Waals surface area contributed by atoms with Crippen LogP contribution in [0.4, 0.5) is 0 Å². The Morgan fingerprint density at radius 2 is 1.26 bits per heavy atom. The second-order valence-corrected chi connectivity index (χ2v) is 16.2. The molecule has 7 heteroatoms. The van der Waals surface area contributed by atoms with Crippen molar-refractivity contribution in [1.29, 1.82) is 0 Å². The molecule has 2 aromatic rings. The van der Waals surface area contributed by atoms with Gasteiger partial charge >= 0.3 is 0 Å². The molecule has 0 heterocycles. The van der Waals surface area contributed by atoms with Crippen LogP contribution in [0.1, 0.15) is 141 Å². The molecule has 2 atom stereocenters. The molecule has 1 aliphatic rings. The van der Waals surface area contributed by atoms with Crippen LogP contribution in [0.15, 0.2) is 71.4 Å². The SMILES string of the molecule is C=C(C)[C@@H]1CCC(C)=C[C@H]1c1c(O)cc(CCCCC)cc1OCCOCCOCCOCCOc1cc(CCCCC)cc(O)c1C/C=C(\C)CCC=C(C)C. The highest BCUT2D eigenvalue weighted by molar-refractivity contribution is 5.53. The number of benzene rings is 2. The predicted octanol–water partition coefficient (Wildman–Crippen LogP) is 12.3. The van der Waals surface area contributed by atoms with Gasteiger partial charge in [-0.25, -0.2) is 0 Å². The highest BCUT2D eigenvalue weighted by atomic mass is 16.6. The fourth-order valence-corrected chi connectivity index (χ4v) is 7.42. The lowest BCUT2D eigenvalue weighted by atomic mass is 9.73. The Labute approximate surface area is 346 Å². The molecule has 2 aromatic carbocycles. The average Bonchev–Trinajstić information content (AvgIpc) is 3.16. The molecule has 0 amide bonds. The van der Waals surface area contributed by atoms with Crippen molar-refractivity contribution in [2.45, 2.75) is 138 Å². The van der Waals surface area contributed by atoms with Crippen molar-refractivity contribution in [3.8, 4) is 23.0 Å². The molecule has 0 aliphatic heterocycles. The van der Waals surface area contributed by atoms with Crippen molar-refractivity contribution in [1.82, 2.24) is 0 Å². The van der Waals surface area contributed by atoms with E-state index in [1.165, 1.54) is 23.1 Å². The Balaban J connectivity index is 1.42. The van der Waals surface area contributed by atoms with Gasteiger partial charge in [0.2, 0.25) is 0 Å². The monoisotopic (exact) mass is 789 g/mol. The minimum absolute atomic E-state index is 0.0378. The van der Waals surface area contributed by atoms with Crippen molar-refractivity contribution < 1.29 is 33.9 Å². The van der Waals surface area contributed by atoms with E-state index in [0.29, 0.717) is 70.8 Å². The lowest BCUT2D eigenvalue weighted by molar-refractivity contribution is 0.00487. The second kappa shape index (κ2) is 27.2. The van der Waals surface area contributed by atoms with E-state index in [0.717, 1.165) is 110 Å². The van der Waals surface area contributed by atoms with Crippen molar-refractivity contribution in [3.63, 3.8) is 0 Å². The van der Waals surface area contributed by atoms with Crippen molar-refractivity contribution in [2.75, 3.05) is 52.9 Å². The maximum Gasteiger partial charge on any atom is 0.127 e. The summed E-state index contributed by atoms with van der Waals surface area (Å²) in [6, 6.07) is 8.04. The summed E-state index contributed by atoms with van der Waals surface area (Å²) in [7, 11) is 0. The summed E-state index contributed by atoms with van der Waals surface area (Å²) in [5.41, 5.74) is 9.01. The molecule has 0 aromatic heterocycles. The Morgan fingerprint density at radius 1 is 0.719 bits per heavy atom. The summed E-state index contributed by atoms with van der Waals surface area (Å²) >= 11 is 0. The van der Waals surface area contributed by atoms with E-state index in [9.17, 15) is 10.2 Å². The summed E-state index contributed by atoms with van der Waals surface area (Å²) < 4.78 is 30.0. The van der Waals surface area contributed by atoms with Crippen molar-refractivity contribution >= 4 is 0 Å². The molecular weight excluding hydrogens is 713 g/mol. The van der Waals surface area contributed by atoms with Crippen LogP contribution in [0.2, 0.25) is 0 Å². The first kappa shape index (κ1) is 47.9. The lowest BCUT2D eigenvalue weighted by Crippen LogP contribution is -2.19. The van der Waals surface area contributed by atoms with Crippen molar-refractivity contribution in [2.24, 2.45) is 5.92 Å². The molecule has 0 unspecified atom stereocenters. The molecule has 0 saturated carbocycles. The van der Waals surface area contributed by atoms with E-state index in [2.05, 4.69) is 85.4 Å². The van der Waals surface area contributed by atoms with E-state index in [1.54, 1.807) is 0 Å². The number of hydrogen-bond donors (Lipinski definition) is 2. The number of ether oxygens (including phenoxy) is 5. The zero-order chi connectivity index (χ0) is 41.4. The summed E-state index contributed by atoms with van der Waals surface area (Å²) in [5, 5.41) is 22.3. The Bertz CT molecular complexity index is 1580. The molecule has 0 bridgehead atoms. The zero-order valence-electron chi connectivity index (χ0n) is 36.7. The number of allylic oxidation sites excluding steroid dienone is 7. The van der Waals surface area contributed by atoms with Gasteiger partial charge in [0.1, 0.15) is 36.2 Å². The fourth-order valence-electron chi connectivity index (χ4n) is 7.42. The molecule has 0 saturated heterocycles. The topological polar surface area (TPSA) is 86.6 Å². The van der Waals surface area contributed by atoms with Crippen LogP contribution >= 0.6 is 0 Å². The molecule has 7 nitrogen and oxygen atoms in total. The van der Waals surface area contributed by atoms with Gasteiger partial charge in [0.15, 0.2) is 0 Å². The first-order chi connectivity index (χ1) is 27.5. The van der Waals surface area contributed by atoms with E-state index in [1.807, 2.05) is 12.1 Å². The van der Waals surface area contributed by atoms with Crippen LogP contribution in [0.3, 0.4) is 0 Å². The van der Waals surface area contributed by atoms with Crippen LogP contribution in [0.5, 0.6) is 23.0 Å². The smallest absolute Gasteiger partial charge is 0.127 e. The van der Waals surface area contributed by atoms with Gasteiger partial charge in [-0.3, -0.25) is 0 Å². The Morgan fingerprint density at radius 3 is 1.82 bits per heavy atom. The number of phenols is 2. The van der Waals surface area contributed by atoms with E-state index >= 15 is 0 Å². The van der Waals surface area contributed by atoms with Crippen molar-refractivity contribution in [3.05, 3.63) is 93.6 Å². The molecule has 57 heavy (non-hydrogen) atoms. The highest BCUT2D eigenvalue weighted by Crippen LogP contribution is 2.47. The van der Waals surface area contributed by atoms with Gasteiger partial charge in [-0.2, -0.15) is 0 Å². The second-order valence-electron chi connectivity index (χ2n) is 16.2. The number of aromatic hydroxyl groups is 2. The Hall–Kier alpha value is -3.52. The predicted molar refractivity (Wildman–Crippen MR) is 236 cm³/mol. The molecule has 2 N–H and O–H groups in total. The number of aryl methyl sites for hydroxylation is 2. The molecule has 1 aliphatic carbocycles. The van der Waals surface area contributed by atoms with Gasteiger partial charge in [0, 0.05) is 17.0 Å². The van der Waals surface area contributed by atoms with Crippen LogP contribution in [-0.4, -0.2) is 63.1 Å². The molecule has 318 valence electrons. The minimum Gasteiger partial charge on any atom is -0.508 e. The largest absolute Gasteiger partial charge is 0.508 e. The van der Waals surface area contributed by atoms with Gasteiger partial charge < -0.3 is 33.9 Å². The molecule has 0 spiro atoms. The first-order valence-electron chi connectivity index (χ1n) is 21.8. The summed E-state index contributed by atoms with van der Waals surface area (Å²) in [5.74, 6) is 2.40. The van der Waals surface area contributed by atoms with Gasteiger partial charge in [0.25, 0.3) is 0 Å². The standard InChI is InChI=1S/C50H76O7/c1-9-11-13-18-41-33-46(51)44(23-20-39(7)17-15-16-37(3)4)48(35-41)56-30-28-54-26-24-53-25-27-55-29-31-57-49-36-42(19-14-12-10-2)34-47(52)50(49)45-32-40(8)21-22-43(45)38(5)6/h16,20,32-36,43,45,51-52H,5,9-15,17-19,21-31H2,1-4,6-8H3/b39-20+/t43-,45+/m0/s1. The zero-order valence-corrected chi connectivity index (χ0v) is 36.7. The summed E-state index contributed by atoms with van der Waals surface area (Å²) in [6.45, 7) is 22.8. The van der Waals surface area contributed by atoms with Crippen LogP contribution < -0.4 is 9.47 Å². The third-order valence-electron chi connectivity index (χ3n) is 10.7. The molecule has 0 fully saturated rings. The summed E-state index contributed by atoms with van der Waals surface area (Å²) in [4.78, 5) is 0. The quantitative estimate of drug-likeness (QED) is 0.0627. The van der Waals surface area contributed by atoms with Gasteiger partial charge in [0.05, 0.1) is 39.6 Å². The fraction of sp³-hybridized carbons (Fsp3) is 0.600. The van der Waals surface area contributed by atoms with Gasteiger partial charge in [-0.05, 0) is 134 Å². The Kier molecular flexibility index (Phi) is 22.9. The maximum absolute atomic E-state index is 11.3. The number of hydrogen-bond acceptors (Lipinski definition) is 7. The first-order valence-corrected chi connectivity index (χ1v) is 21.8. The van der Waals surface area contributed by atoms with E-state index < -0.39 is 0 Å². The minimum atomic E-state index is 0.0378. The molecule has 3 rings (SSSR count). The van der Waals surface area contributed by atoms with E-state index in [4.69, 9.17) is 23.7 Å². The lowest BCUT2D eigenvalue weighted by Gasteiger charge is -2.32. The molecular formula is C50H76O7. The van der Waals surface area contributed by atoms with Crippen LogP contribution in [-0.2, 0) is 33.5 Å². The maximum atomic E-state index is 11.3. The van der Waals surface area contributed by atoms with Gasteiger partial charge in [-0.15, -0.1) is 0 Å². The summed E-state index contributed by atoms with van der Waals surface area (Å²) in [6.07, 6.45) is 20.1. The number of phenolic OH excluding ortho intramolecular Hbond substituents is 2. The number of unbranched alkanes of at least 4 members (excludes halogenated alkanes) is 4. The number of rotatable bonds is 29. The third kappa shape index (κ3) is 17.9. The van der Waals surface area contributed by atoms with E-state index in [-0.39, 0.29) is 11.8 Å².